The Bertz CT molecular complexity index is 784. The molecule has 1 aromatic heterocycles. The van der Waals surface area contributed by atoms with Gasteiger partial charge in [0.05, 0.1) is 36.3 Å². The molecule has 2 aromatic rings. The van der Waals surface area contributed by atoms with Crippen LogP contribution in [-0.2, 0) is 4.74 Å². The molecule has 1 aromatic carbocycles. The third-order valence-electron chi connectivity index (χ3n) is 4.31. The van der Waals surface area contributed by atoms with E-state index in [9.17, 15) is 9.18 Å². The lowest BCUT2D eigenvalue weighted by atomic mass is 10.2. The SMILES string of the molecule is O=C(NCCCN1CCOCC1)c1ccncc1Nc1ccc(I)cc1F. The normalized spacial score (nSPS) is 14.7. The molecule has 0 spiro atoms. The summed E-state index contributed by atoms with van der Waals surface area (Å²) >= 11 is 2.05. The van der Waals surface area contributed by atoms with Crippen molar-refractivity contribution in [3.8, 4) is 0 Å². The van der Waals surface area contributed by atoms with Crippen LogP contribution in [0.5, 0.6) is 0 Å². The maximum absolute atomic E-state index is 14.1. The number of carbonyl (C=O) groups excluding carboxylic acids is 1. The monoisotopic (exact) mass is 484 g/mol. The van der Waals surface area contributed by atoms with Crippen molar-refractivity contribution in [2.24, 2.45) is 0 Å². The molecule has 0 unspecified atom stereocenters. The zero-order valence-corrected chi connectivity index (χ0v) is 17.0. The number of nitrogens with zero attached hydrogens (tertiary/aromatic N) is 2. The average Bonchev–Trinajstić information content (AvgIpc) is 2.68. The second-order valence-corrected chi connectivity index (χ2v) is 7.48. The van der Waals surface area contributed by atoms with Crippen LogP contribution in [0, 0.1) is 9.39 Å². The number of anilines is 2. The molecule has 3 rings (SSSR count). The molecule has 1 aliphatic rings. The molecular weight excluding hydrogens is 462 g/mol. The van der Waals surface area contributed by atoms with Crippen molar-refractivity contribution < 1.29 is 13.9 Å². The van der Waals surface area contributed by atoms with Crippen LogP contribution in [0.2, 0.25) is 0 Å². The number of hydrogen-bond donors (Lipinski definition) is 2. The van der Waals surface area contributed by atoms with Gasteiger partial charge in [0.25, 0.3) is 5.91 Å². The molecule has 1 amide bonds. The first-order valence-corrected chi connectivity index (χ1v) is 9.96. The first-order valence-electron chi connectivity index (χ1n) is 8.88. The van der Waals surface area contributed by atoms with Gasteiger partial charge in [-0.05, 0) is 59.8 Å². The maximum atomic E-state index is 14.1. The van der Waals surface area contributed by atoms with E-state index in [1.165, 1.54) is 12.3 Å². The fourth-order valence-electron chi connectivity index (χ4n) is 2.85. The number of rotatable bonds is 7. The molecule has 2 heterocycles. The van der Waals surface area contributed by atoms with E-state index < -0.39 is 0 Å². The summed E-state index contributed by atoms with van der Waals surface area (Å²) in [7, 11) is 0. The number of hydrogen-bond acceptors (Lipinski definition) is 5. The van der Waals surface area contributed by atoms with Crippen molar-refractivity contribution in [3.05, 3.63) is 51.6 Å². The minimum atomic E-state index is -0.373. The predicted octanol–water partition coefficient (Wildman–Crippen LogP) is 3.02. The molecule has 8 heteroatoms. The highest BCUT2D eigenvalue weighted by Gasteiger charge is 2.14. The number of ether oxygens (including phenoxy) is 1. The second-order valence-electron chi connectivity index (χ2n) is 6.23. The van der Waals surface area contributed by atoms with Gasteiger partial charge in [-0.1, -0.05) is 0 Å². The highest BCUT2D eigenvalue weighted by atomic mass is 127. The number of morpholine rings is 1. The topological polar surface area (TPSA) is 66.5 Å². The summed E-state index contributed by atoms with van der Waals surface area (Å²) in [5.74, 6) is -0.574. The first-order chi connectivity index (χ1) is 13.1. The lowest BCUT2D eigenvalue weighted by molar-refractivity contribution is 0.0374. The summed E-state index contributed by atoms with van der Waals surface area (Å²) in [6, 6.07) is 6.51. The quantitative estimate of drug-likeness (QED) is 0.468. The van der Waals surface area contributed by atoms with Gasteiger partial charge in [0.1, 0.15) is 5.82 Å². The smallest absolute Gasteiger partial charge is 0.253 e. The molecule has 0 saturated carbocycles. The Balaban J connectivity index is 1.56. The van der Waals surface area contributed by atoms with E-state index in [4.69, 9.17) is 4.74 Å². The minimum Gasteiger partial charge on any atom is -0.379 e. The molecule has 1 fully saturated rings. The van der Waals surface area contributed by atoms with Gasteiger partial charge in [0.2, 0.25) is 0 Å². The number of nitrogens with one attached hydrogen (secondary N) is 2. The highest BCUT2D eigenvalue weighted by molar-refractivity contribution is 14.1. The molecule has 0 atom stereocenters. The standard InChI is InChI=1S/C19H22FIN4O2/c20-16-12-14(21)2-3-17(16)24-18-13-22-6-4-15(18)19(26)23-5-1-7-25-8-10-27-11-9-25/h2-4,6,12-13,24H,1,5,7-11H2,(H,23,26). The van der Waals surface area contributed by atoms with Crippen molar-refractivity contribution in [2.45, 2.75) is 6.42 Å². The fourth-order valence-corrected chi connectivity index (χ4v) is 3.31. The summed E-state index contributed by atoms with van der Waals surface area (Å²) in [4.78, 5) is 18.9. The molecule has 1 aliphatic heterocycles. The summed E-state index contributed by atoms with van der Waals surface area (Å²) in [5, 5.41) is 5.90. The molecule has 6 nitrogen and oxygen atoms in total. The van der Waals surface area contributed by atoms with E-state index in [0.29, 0.717) is 23.5 Å². The van der Waals surface area contributed by atoms with Crippen LogP contribution in [0.4, 0.5) is 15.8 Å². The van der Waals surface area contributed by atoms with Crippen LogP contribution >= 0.6 is 22.6 Å². The molecule has 1 saturated heterocycles. The van der Waals surface area contributed by atoms with Crippen molar-refractivity contribution in [3.63, 3.8) is 0 Å². The fraction of sp³-hybridized carbons (Fsp3) is 0.368. The van der Waals surface area contributed by atoms with Gasteiger partial charge in [0.15, 0.2) is 0 Å². The zero-order chi connectivity index (χ0) is 19.1. The van der Waals surface area contributed by atoms with Crippen molar-refractivity contribution in [2.75, 3.05) is 44.7 Å². The summed E-state index contributed by atoms with van der Waals surface area (Å²) < 4.78 is 20.2. The zero-order valence-electron chi connectivity index (χ0n) is 14.9. The maximum Gasteiger partial charge on any atom is 0.253 e. The van der Waals surface area contributed by atoms with Crippen LogP contribution in [0.3, 0.4) is 0 Å². The van der Waals surface area contributed by atoms with Crippen molar-refractivity contribution in [1.82, 2.24) is 15.2 Å². The third kappa shape index (κ3) is 5.85. The molecule has 27 heavy (non-hydrogen) atoms. The van der Waals surface area contributed by atoms with Gasteiger partial charge in [-0.15, -0.1) is 0 Å². The second kappa shape index (κ2) is 9.95. The lowest BCUT2D eigenvalue weighted by Crippen LogP contribution is -2.38. The number of amides is 1. The van der Waals surface area contributed by atoms with Crippen LogP contribution < -0.4 is 10.6 Å². The number of halogens is 2. The molecule has 0 radical (unpaired) electrons. The predicted molar refractivity (Wildman–Crippen MR) is 111 cm³/mol. The minimum absolute atomic E-state index is 0.201. The molecule has 0 aliphatic carbocycles. The van der Waals surface area contributed by atoms with E-state index in [2.05, 4.69) is 43.1 Å². The average molecular weight is 484 g/mol. The number of carbonyl (C=O) groups is 1. The van der Waals surface area contributed by atoms with E-state index in [-0.39, 0.29) is 11.7 Å². The Morgan fingerprint density at radius 3 is 2.85 bits per heavy atom. The third-order valence-corrected chi connectivity index (χ3v) is 4.98. The summed E-state index contributed by atoms with van der Waals surface area (Å²) in [6.45, 7) is 4.93. The van der Waals surface area contributed by atoms with Crippen molar-refractivity contribution >= 4 is 39.9 Å². The Labute approximate surface area is 171 Å². The van der Waals surface area contributed by atoms with Gasteiger partial charge in [0, 0.05) is 29.4 Å². The van der Waals surface area contributed by atoms with E-state index in [1.54, 1.807) is 24.4 Å². The van der Waals surface area contributed by atoms with Gasteiger partial charge in [-0.25, -0.2) is 4.39 Å². The lowest BCUT2D eigenvalue weighted by Gasteiger charge is -2.26. The van der Waals surface area contributed by atoms with Crippen molar-refractivity contribution in [1.29, 1.82) is 0 Å². The Morgan fingerprint density at radius 2 is 2.07 bits per heavy atom. The van der Waals surface area contributed by atoms with Gasteiger partial charge >= 0.3 is 0 Å². The number of benzene rings is 1. The number of aromatic nitrogens is 1. The number of pyridine rings is 1. The molecule has 144 valence electrons. The van der Waals surface area contributed by atoms with Gasteiger partial charge in [-0.2, -0.15) is 0 Å². The Kier molecular flexibility index (Phi) is 7.36. The highest BCUT2D eigenvalue weighted by Crippen LogP contribution is 2.23. The van der Waals surface area contributed by atoms with Crippen LogP contribution in [0.15, 0.2) is 36.7 Å². The van der Waals surface area contributed by atoms with Crippen LogP contribution in [0.25, 0.3) is 0 Å². The summed E-state index contributed by atoms with van der Waals surface area (Å²) in [5.41, 5.74) is 1.22. The van der Waals surface area contributed by atoms with E-state index in [0.717, 1.165) is 42.8 Å². The molecular formula is C19H22FIN4O2. The van der Waals surface area contributed by atoms with E-state index in [1.807, 2.05) is 0 Å². The van der Waals surface area contributed by atoms with Gasteiger partial charge < -0.3 is 15.4 Å². The molecule has 2 N–H and O–H groups in total. The van der Waals surface area contributed by atoms with Crippen LogP contribution in [0.1, 0.15) is 16.8 Å². The van der Waals surface area contributed by atoms with Gasteiger partial charge in [-0.3, -0.25) is 14.7 Å². The largest absolute Gasteiger partial charge is 0.379 e. The van der Waals surface area contributed by atoms with E-state index >= 15 is 0 Å². The first kappa shape index (κ1) is 20.0. The Morgan fingerprint density at radius 1 is 1.26 bits per heavy atom. The Hall–Kier alpha value is -1.78. The van der Waals surface area contributed by atoms with Crippen LogP contribution in [-0.4, -0.2) is 55.2 Å². The summed E-state index contributed by atoms with van der Waals surface area (Å²) in [6.07, 6.45) is 3.95. The molecule has 0 bridgehead atoms.